The molecular formula is C22H26N2O2. The van der Waals surface area contributed by atoms with E-state index in [0.717, 1.165) is 24.1 Å². The van der Waals surface area contributed by atoms with E-state index in [4.69, 9.17) is 0 Å². The van der Waals surface area contributed by atoms with Gasteiger partial charge in [0.1, 0.15) is 0 Å². The molecule has 2 aromatic rings. The fourth-order valence-corrected chi connectivity index (χ4v) is 3.13. The van der Waals surface area contributed by atoms with Gasteiger partial charge in [-0.1, -0.05) is 44.2 Å². The van der Waals surface area contributed by atoms with Crippen LogP contribution in [0.4, 0.5) is 5.69 Å². The second-order valence-corrected chi connectivity index (χ2v) is 7.10. The monoisotopic (exact) mass is 350 g/mol. The molecule has 0 aromatic heterocycles. The van der Waals surface area contributed by atoms with Crippen molar-refractivity contribution in [3.63, 3.8) is 0 Å². The minimum absolute atomic E-state index is 0.0180. The van der Waals surface area contributed by atoms with Gasteiger partial charge in [0.05, 0.1) is 0 Å². The predicted octanol–water partition coefficient (Wildman–Crippen LogP) is 4.33. The summed E-state index contributed by atoms with van der Waals surface area (Å²) in [5.74, 6) is 0.719. The Morgan fingerprint density at radius 1 is 1.08 bits per heavy atom. The molecule has 1 saturated carbocycles. The highest BCUT2D eigenvalue weighted by Crippen LogP contribution is 2.38. The van der Waals surface area contributed by atoms with Crippen LogP contribution in [-0.2, 0) is 11.3 Å². The number of carbonyl (C=O) groups excluding carboxylic acids is 2. The fraction of sp³-hybridized carbons (Fsp3) is 0.364. The molecule has 4 heteroatoms. The molecule has 2 atom stereocenters. The van der Waals surface area contributed by atoms with Crippen molar-refractivity contribution in [2.75, 3.05) is 11.9 Å². The number of carbonyl (C=O) groups is 2. The van der Waals surface area contributed by atoms with E-state index < -0.39 is 0 Å². The normalized spacial score (nSPS) is 18.2. The predicted molar refractivity (Wildman–Crippen MR) is 104 cm³/mol. The number of hydrogen-bond donors (Lipinski definition) is 1. The topological polar surface area (TPSA) is 49.4 Å². The van der Waals surface area contributed by atoms with Crippen molar-refractivity contribution in [1.29, 1.82) is 0 Å². The van der Waals surface area contributed by atoms with Crippen molar-refractivity contribution in [3.05, 3.63) is 65.7 Å². The maximum absolute atomic E-state index is 12.9. The smallest absolute Gasteiger partial charge is 0.254 e. The second-order valence-electron chi connectivity index (χ2n) is 7.10. The van der Waals surface area contributed by atoms with Crippen molar-refractivity contribution >= 4 is 17.5 Å². The number of amides is 2. The lowest BCUT2D eigenvalue weighted by Gasteiger charge is -2.22. The molecule has 1 N–H and O–H groups in total. The van der Waals surface area contributed by atoms with E-state index in [1.54, 1.807) is 12.1 Å². The maximum Gasteiger partial charge on any atom is 0.254 e. The summed E-state index contributed by atoms with van der Waals surface area (Å²) in [6, 6.07) is 17.2. The van der Waals surface area contributed by atoms with Gasteiger partial charge in [-0.05, 0) is 48.6 Å². The molecule has 2 unspecified atom stereocenters. The first-order valence-electron chi connectivity index (χ1n) is 9.32. The molecule has 0 spiro atoms. The molecule has 1 aliphatic rings. The van der Waals surface area contributed by atoms with Gasteiger partial charge >= 0.3 is 0 Å². The number of nitrogens with one attached hydrogen (secondary N) is 1. The Morgan fingerprint density at radius 2 is 1.73 bits per heavy atom. The molecule has 1 aliphatic carbocycles. The summed E-state index contributed by atoms with van der Waals surface area (Å²) in [6.45, 7) is 5.47. The van der Waals surface area contributed by atoms with Crippen LogP contribution in [0.2, 0.25) is 0 Å². The van der Waals surface area contributed by atoms with Gasteiger partial charge in [0.25, 0.3) is 5.91 Å². The number of anilines is 1. The Hall–Kier alpha value is -2.62. The zero-order valence-corrected chi connectivity index (χ0v) is 15.4. The van der Waals surface area contributed by atoms with E-state index in [-0.39, 0.29) is 17.7 Å². The van der Waals surface area contributed by atoms with Crippen LogP contribution in [0, 0.1) is 11.8 Å². The molecule has 4 nitrogen and oxygen atoms in total. The van der Waals surface area contributed by atoms with E-state index >= 15 is 0 Å². The van der Waals surface area contributed by atoms with E-state index in [2.05, 4.69) is 19.2 Å². The van der Waals surface area contributed by atoms with Crippen LogP contribution in [0.1, 0.15) is 42.6 Å². The first-order chi connectivity index (χ1) is 12.6. The average molecular weight is 350 g/mol. The molecule has 0 aliphatic heterocycles. The lowest BCUT2D eigenvalue weighted by Crippen LogP contribution is -2.31. The van der Waals surface area contributed by atoms with Gasteiger partial charge in [-0.2, -0.15) is 0 Å². The number of hydrogen-bond acceptors (Lipinski definition) is 2. The quantitative estimate of drug-likeness (QED) is 0.808. The van der Waals surface area contributed by atoms with Crippen molar-refractivity contribution in [2.45, 2.75) is 33.2 Å². The van der Waals surface area contributed by atoms with Crippen LogP contribution in [0.3, 0.4) is 0 Å². The maximum atomic E-state index is 12.9. The molecular weight excluding hydrogens is 324 g/mol. The molecule has 0 saturated heterocycles. The van der Waals surface area contributed by atoms with Crippen LogP contribution in [0.15, 0.2) is 54.6 Å². The molecule has 3 rings (SSSR count). The van der Waals surface area contributed by atoms with Crippen LogP contribution in [-0.4, -0.2) is 23.3 Å². The SMILES string of the molecule is CCCN(Cc1ccccc1)C(=O)c1ccc(NC(=O)C2CC2C)cc1. The van der Waals surface area contributed by atoms with E-state index in [9.17, 15) is 9.59 Å². The Labute approximate surface area is 155 Å². The highest BCUT2D eigenvalue weighted by molar-refractivity contribution is 5.97. The highest BCUT2D eigenvalue weighted by Gasteiger charge is 2.39. The molecule has 26 heavy (non-hydrogen) atoms. The zero-order chi connectivity index (χ0) is 18.5. The van der Waals surface area contributed by atoms with E-state index in [0.29, 0.717) is 24.6 Å². The van der Waals surface area contributed by atoms with Gasteiger partial charge in [-0.15, -0.1) is 0 Å². The molecule has 0 radical (unpaired) electrons. The van der Waals surface area contributed by atoms with Gasteiger partial charge in [-0.25, -0.2) is 0 Å². The minimum atomic E-state index is 0.0180. The third kappa shape index (κ3) is 4.51. The molecule has 136 valence electrons. The van der Waals surface area contributed by atoms with E-state index in [1.807, 2.05) is 47.4 Å². The van der Waals surface area contributed by atoms with E-state index in [1.165, 1.54) is 0 Å². The van der Waals surface area contributed by atoms with Crippen LogP contribution in [0.25, 0.3) is 0 Å². The van der Waals surface area contributed by atoms with Gasteiger partial charge in [0.15, 0.2) is 0 Å². The fourth-order valence-electron chi connectivity index (χ4n) is 3.13. The number of benzene rings is 2. The zero-order valence-electron chi connectivity index (χ0n) is 15.4. The van der Waals surface area contributed by atoms with Crippen molar-refractivity contribution in [3.8, 4) is 0 Å². The third-order valence-electron chi connectivity index (χ3n) is 4.84. The Bertz CT molecular complexity index is 755. The first kappa shape index (κ1) is 18.2. The second kappa shape index (κ2) is 8.17. The lowest BCUT2D eigenvalue weighted by molar-refractivity contribution is -0.117. The summed E-state index contributed by atoms with van der Waals surface area (Å²) in [7, 11) is 0. The summed E-state index contributed by atoms with van der Waals surface area (Å²) >= 11 is 0. The number of nitrogens with zero attached hydrogens (tertiary/aromatic N) is 1. The highest BCUT2D eigenvalue weighted by atomic mass is 16.2. The van der Waals surface area contributed by atoms with Crippen LogP contribution < -0.4 is 5.32 Å². The van der Waals surface area contributed by atoms with Gasteiger partial charge < -0.3 is 10.2 Å². The Kier molecular flexibility index (Phi) is 5.71. The summed E-state index contributed by atoms with van der Waals surface area (Å²) in [6.07, 6.45) is 1.88. The summed E-state index contributed by atoms with van der Waals surface area (Å²) in [4.78, 5) is 26.8. The summed E-state index contributed by atoms with van der Waals surface area (Å²) in [5.41, 5.74) is 2.51. The molecule has 0 heterocycles. The Morgan fingerprint density at radius 3 is 2.31 bits per heavy atom. The van der Waals surface area contributed by atoms with Gasteiger partial charge in [0, 0.05) is 30.3 Å². The first-order valence-corrected chi connectivity index (χ1v) is 9.32. The summed E-state index contributed by atoms with van der Waals surface area (Å²) < 4.78 is 0. The van der Waals surface area contributed by atoms with Gasteiger partial charge in [0.2, 0.25) is 5.91 Å². The van der Waals surface area contributed by atoms with Crippen LogP contribution in [0.5, 0.6) is 0 Å². The third-order valence-corrected chi connectivity index (χ3v) is 4.84. The van der Waals surface area contributed by atoms with Crippen molar-refractivity contribution in [1.82, 2.24) is 4.90 Å². The molecule has 2 amide bonds. The lowest BCUT2D eigenvalue weighted by atomic mass is 10.1. The minimum Gasteiger partial charge on any atom is -0.334 e. The average Bonchev–Trinajstić information content (AvgIpc) is 3.39. The van der Waals surface area contributed by atoms with Gasteiger partial charge in [-0.3, -0.25) is 9.59 Å². The largest absolute Gasteiger partial charge is 0.334 e. The molecule has 1 fully saturated rings. The molecule has 2 aromatic carbocycles. The summed E-state index contributed by atoms with van der Waals surface area (Å²) in [5, 5.41) is 2.93. The Balaban J connectivity index is 1.65. The molecule has 0 bridgehead atoms. The van der Waals surface area contributed by atoms with Crippen LogP contribution >= 0.6 is 0 Å². The van der Waals surface area contributed by atoms with Crippen molar-refractivity contribution in [2.24, 2.45) is 11.8 Å². The standard InChI is InChI=1S/C22H26N2O2/c1-3-13-24(15-17-7-5-4-6-8-17)22(26)18-9-11-19(12-10-18)23-21(25)20-14-16(20)2/h4-12,16,20H,3,13-15H2,1-2H3,(H,23,25). The van der Waals surface area contributed by atoms with Crippen molar-refractivity contribution < 1.29 is 9.59 Å². The number of rotatable bonds is 7.